The van der Waals surface area contributed by atoms with E-state index in [-0.39, 0.29) is 0 Å². The van der Waals surface area contributed by atoms with E-state index in [1.54, 1.807) is 0 Å². The van der Waals surface area contributed by atoms with E-state index in [0.717, 1.165) is 17.2 Å². The molecule has 1 fully saturated rings. The van der Waals surface area contributed by atoms with Crippen LogP contribution in [0, 0.1) is 19.3 Å². The molecule has 0 aromatic carbocycles. The first-order chi connectivity index (χ1) is 7.96. The SMILES string of the molecule is Cc1cnc(C)c(NC2CCCC(C)(C)C2)n1. The minimum Gasteiger partial charge on any atom is -0.366 e. The van der Waals surface area contributed by atoms with Gasteiger partial charge in [0.25, 0.3) is 0 Å². The van der Waals surface area contributed by atoms with E-state index in [2.05, 4.69) is 29.1 Å². The highest BCUT2D eigenvalue weighted by atomic mass is 15.0. The summed E-state index contributed by atoms with van der Waals surface area (Å²) in [5.74, 6) is 0.965. The van der Waals surface area contributed by atoms with Gasteiger partial charge in [-0.3, -0.25) is 4.98 Å². The summed E-state index contributed by atoms with van der Waals surface area (Å²) in [5.41, 5.74) is 2.44. The van der Waals surface area contributed by atoms with Gasteiger partial charge in [-0.15, -0.1) is 0 Å². The van der Waals surface area contributed by atoms with Gasteiger partial charge in [-0.2, -0.15) is 0 Å². The highest BCUT2D eigenvalue weighted by molar-refractivity contribution is 5.40. The van der Waals surface area contributed by atoms with Gasteiger partial charge < -0.3 is 5.32 Å². The first-order valence-corrected chi connectivity index (χ1v) is 6.53. The molecule has 1 aromatic rings. The molecule has 1 atom stereocenters. The van der Waals surface area contributed by atoms with Gasteiger partial charge in [-0.1, -0.05) is 20.3 Å². The lowest BCUT2D eigenvalue weighted by atomic mass is 9.75. The lowest BCUT2D eigenvalue weighted by Crippen LogP contribution is -2.32. The second-order valence-electron chi connectivity index (χ2n) is 6.05. The summed E-state index contributed by atoms with van der Waals surface area (Å²) < 4.78 is 0. The van der Waals surface area contributed by atoms with Crippen molar-refractivity contribution >= 4 is 5.82 Å². The Morgan fingerprint density at radius 1 is 1.35 bits per heavy atom. The Hall–Kier alpha value is -1.12. The summed E-state index contributed by atoms with van der Waals surface area (Å²) in [6.07, 6.45) is 6.94. The molecule has 0 radical (unpaired) electrons. The summed E-state index contributed by atoms with van der Waals surface area (Å²) in [6.45, 7) is 8.72. The van der Waals surface area contributed by atoms with Gasteiger partial charge in [0.1, 0.15) is 5.82 Å². The zero-order valence-corrected chi connectivity index (χ0v) is 11.4. The average Bonchev–Trinajstić information content (AvgIpc) is 2.22. The molecule has 1 unspecified atom stereocenters. The number of hydrogen-bond acceptors (Lipinski definition) is 3. The van der Waals surface area contributed by atoms with Crippen molar-refractivity contribution in [3.63, 3.8) is 0 Å². The quantitative estimate of drug-likeness (QED) is 0.850. The molecule has 1 aromatic heterocycles. The van der Waals surface area contributed by atoms with Gasteiger partial charge in [-0.25, -0.2) is 4.98 Å². The Balaban J connectivity index is 2.07. The Labute approximate surface area is 104 Å². The van der Waals surface area contributed by atoms with Crippen molar-refractivity contribution in [2.75, 3.05) is 5.32 Å². The number of anilines is 1. The van der Waals surface area contributed by atoms with Crippen molar-refractivity contribution in [3.05, 3.63) is 17.6 Å². The molecule has 1 N–H and O–H groups in total. The van der Waals surface area contributed by atoms with E-state index >= 15 is 0 Å². The van der Waals surface area contributed by atoms with E-state index in [0.29, 0.717) is 11.5 Å². The highest BCUT2D eigenvalue weighted by Crippen LogP contribution is 2.36. The van der Waals surface area contributed by atoms with Crippen molar-refractivity contribution in [3.8, 4) is 0 Å². The Morgan fingerprint density at radius 2 is 2.12 bits per heavy atom. The second-order valence-corrected chi connectivity index (χ2v) is 6.05. The summed E-state index contributed by atoms with van der Waals surface area (Å²) in [4.78, 5) is 8.90. The third-order valence-corrected chi connectivity index (χ3v) is 3.62. The molecule has 0 spiro atoms. The van der Waals surface area contributed by atoms with Crippen molar-refractivity contribution in [2.24, 2.45) is 5.41 Å². The van der Waals surface area contributed by atoms with E-state index in [9.17, 15) is 0 Å². The van der Waals surface area contributed by atoms with Crippen LogP contribution < -0.4 is 5.32 Å². The van der Waals surface area contributed by atoms with Gasteiger partial charge >= 0.3 is 0 Å². The van der Waals surface area contributed by atoms with Gasteiger partial charge in [-0.05, 0) is 38.5 Å². The molecular formula is C14H23N3. The summed E-state index contributed by atoms with van der Waals surface area (Å²) in [6, 6.07) is 0.550. The monoisotopic (exact) mass is 233 g/mol. The lowest BCUT2D eigenvalue weighted by Gasteiger charge is -2.35. The van der Waals surface area contributed by atoms with Crippen molar-refractivity contribution in [1.82, 2.24) is 9.97 Å². The number of nitrogens with one attached hydrogen (secondary N) is 1. The van der Waals surface area contributed by atoms with Crippen LogP contribution in [0.5, 0.6) is 0 Å². The van der Waals surface area contributed by atoms with Crippen LogP contribution in [0.15, 0.2) is 6.20 Å². The molecule has 3 heteroatoms. The first kappa shape index (κ1) is 12.3. The highest BCUT2D eigenvalue weighted by Gasteiger charge is 2.28. The molecule has 1 aliphatic carbocycles. The van der Waals surface area contributed by atoms with Gasteiger partial charge in [0, 0.05) is 12.2 Å². The summed E-state index contributed by atoms with van der Waals surface area (Å²) >= 11 is 0. The summed E-state index contributed by atoms with van der Waals surface area (Å²) in [7, 11) is 0. The average molecular weight is 233 g/mol. The van der Waals surface area contributed by atoms with Crippen LogP contribution >= 0.6 is 0 Å². The first-order valence-electron chi connectivity index (χ1n) is 6.53. The topological polar surface area (TPSA) is 37.8 Å². The summed E-state index contributed by atoms with van der Waals surface area (Å²) in [5, 5.41) is 3.57. The molecule has 17 heavy (non-hydrogen) atoms. The van der Waals surface area contributed by atoms with Crippen LogP contribution in [0.2, 0.25) is 0 Å². The molecule has 0 saturated heterocycles. The van der Waals surface area contributed by atoms with Crippen LogP contribution in [-0.2, 0) is 0 Å². The zero-order chi connectivity index (χ0) is 12.5. The molecule has 3 nitrogen and oxygen atoms in total. The minimum atomic E-state index is 0.459. The van der Waals surface area contributed by atoms with Crippen LogP contribution in [0.4, 0.5) is 5.82 Å². The van der Waals surface area contributed by atoms with Crippen molar-refractivity contribution < 1.29 is 0 Å². The van der Waals surface area contributed by atoms with Gasteiger partial charge in [0.15, 0.2) is 0 Å². The minimum absolute atomic E-state index is 0.459. The normalized spacial score (nSPS) is 23.4. The van der Waals surface area contributed by atoms with Crippen LogP contribution in [-0.4, -0.2) is 16.0 Å². The Morgan fingerprint density at radius 3 is 2.82 bits per heavy atom. The maximum absolute atomic E-state index is 4.54. The van der Waals surface area contributed by atoms with Gasteiger partial charge in [0.2, 0.25) is 0 Å². The molecule has 2 rings (SSSR count). The Kier molecular flexibility index (Phi) is 3.36. The van der Waals surface area contributed by atoms with E-state index in [4.69, 9.17) is 0 Å². The third-order valence-electron chi connectivity index (χ3n) is 3.62. The molecule has 0 aliphatic heterocycles. The molecule has 1 aliphatic rings. The van der Waals surface area contributed by atoms with Crippen LogP contribution in [0.3, 0.4) is 0 Å². The predicted molar refractivity (Wildman–Crippen MR) is 71.2 cm³/mol. The number of nitrogens with zero attached hydrogens (tertiary/aromatic N) is 2. The molecule has 94 valence electrons. The zero-order valence-electron chi connectivity index (χ0n) is 11.4. The maximum Gasteiger partial charge on any atom is 0.147 e. The standard InChI is InChI=1S/C14H23N3/c1-10-9-15-11(2)13(16-10)17-12-6-5-7-14(3,4)8-12/h9,12H,5-8H2,1-4H3,(H,16,17). The van der Waals surface area contributed by atoms with Gasteiger partial charge in [0.05, 0.1) is 11.4 Å². The second kappa shape index (κ2) is 4.63. The van der Waals surface area contributed by atoms with Crippen molar-refractivity contribution in [2.45, 2.75) is 59.4 Å². The maximum atomic E-state index is 4.54. The van der Waals surface area contributed by atoms with Crippen LogP contribution in [0.1, 0.15) is 50.9 Å². The smallest absolute Gasteiger partial charge is 0.147 e. The molecular weight excluding hydrogens is 210 g/mol. The third kappa shape index (κ3) is 3.18. The van der Waals surface area contributed by atoms with Crippen LogP contribution in [0.25, 0.3) is 0 Å². The number of hydrogen-bond donors (Lipinski definition) is 1. The van der Waals surface area contributed by atoms with E-state index < -0.39 is 0 Å². The fraction of sp³-hybridized carbons (Fsp3) is 0.714. The largest absolute Gasteiger partial charge is 0.366 e. The predicted octanol–water partition coefficient (Wildman–Crippen LogP) is 3.47. The Bertz CT molecular complexity index is 398. The van der Waals surface area contributed by atoms with Crippen molar-refractivity contribution in [1.29, 1.82) is 0 Å². The fourth-order valence-electron chi connectivity index (χ4n) is 2.69. The number of aromatic nitrogens is 2. The lowest BCUT2D eigenvalue weighted by molar-refractivity contribution is 0.229. The molecule has 1 heterocycles. The van der Waals surface area contributed by atoms with E-state index in [1.807, 2.05) is 20.0 Å². The molecule has 0 bridgehead atoms. The number of aryl methyl sites for hydroxylation is 2. The van der Waals surface area contributed by atoms with E-state index in [1.165, 1.54) is 25.7 Å². The molecule has 1 saturated carbocycles. The molecule has 0 amide bonds. The fourth-order valence-corrected chi connectivity index (χ4v) is 2.69. The number of rotatable bonds is 2.